The summed E-state index contributed by atoms with van der Waals surface area (Å²) in [6, 6.07) is 0. The van der Waals surface area contributed by atoms with Crippen LogP contribution in [0.2, 0.25) is 0 Å². The molecule has 0 heterocycles. The van der Waals surface area contributed by atoms with Crippen molar-refractivity contribution >= 4 is 65.9 Å². The second-order valence-electron chi connectivity index (χ2n) is 1.83. The summed E-state index contributed by atoms with van der Waals surface area (Å²) in [5.41, 5.74) is 0.350. The molecule has 7 heteroatoms. The van der Waals surface area contributed by atoms with Crippen LogP contribution in [0.4, 0.5) is 0 Å². The Morgan fingerprint density at radius 3 is 1.93 bits per heavy atom. The fourth-order valence-corrected chi connectivity index (χ4v) is 0.262. The van der Waals surface area contributed by atoms with Crippen molar-refractivity contribution in [2.24, 2.45) is 0 Å². The molecule has 15 heavy (non-hydrogen) atoms. The van der Waals surface area contributed by atoms with Crippen molar-refractivity contribution in [1.29, 1.82) is 0 Å². The Kier molecular flexibility index (Phi) is 31.4. The molecule has 0 amide bonds. The summed E-state index contributed by atoms with van der Waals surface area (Å²) in [5, 5.41) is 8.19. The molecule has 0 radical (unpaired) electrons. The van der Waals surface area contributed by atoms with Crippen LogP contribution in [0.1, 0.15) is 21.8 Å². The number of ether oxygens (including phenoxy) is 1. The maximum atomic E-state index is 10.5. The molecule has 3 nitrogen and oxygen atoms in total. The molecule has 0 unspecified atom stereocenters. The summed E-state index contributed by atoms with van der Waals surface area (Å²) in [7, 11) is 0. The molecule has 0 spiro atoms. The molecule has 0 saturated heterocycles. The SMILES string of the molecule is C.C.C=C(C)C(=O)OCCO.[I][V]([I])[I]. The van der Waals surface area contributed by atoms with Crippen LogP contribution in [0.5, 0.6) is 0 Å². The van der Waals surface area contributed by atoms with Crippen LogP contribution in [0, 0.1) is 0 Å². The topological polar surface area (TPSA) is 46.5 Å². The normalized spacial score (nSPS) is 7.60. The molecule has 0 rings (SSSR count). The molecule has 0 aliphatic carbocycles. The number of carbonyl (C=O) groups excluding carboxylic acids is 1. The zero-order valence-corrected chi connectivity index (χ0v) is 14.8. The van der Waals surface area contributed by atoms with Crippen molar-refractivity contribution in [2.75, 3.05) is 13.2 Å². The van der Waals surface area contributed by atoms with Gasteiger partial charge in [0.2, 0.25) is 0 Å². The van der Waals surface area contributed by atoms with E-state index in [1.165, 1.54) is 0 Å². The standard InChI is InChI=1S/C6H10O3.2CH4.3HI.V/c1-5(2)6(8)9-4-3-7;;;;;;/h7H,1,3-4H2,2H3;2*1H4;3*1H;/q;;;;;;+3/p-3. The van der Waals surface area contributed by atoms with Crippen LogP contribution in [0.25, 0.3) is 0 Å². The third-order valence-corrected chi connectivity index (χ3v) is 0.673. The molecule has 0 aliphatic rings. The van der Waals surface area contributed by atoms with E-state index in [1.807, 2.05) is 0 Å². The van der Waals surface area contributed by atoms with Crippen molar-refractivity contribution < 1.29 is 19.6 Å². The molecular weight excluding hydrogens is 576 g/mol. The summed E-state index contributed by atoms with van der Waals surface area (Å²) in [4.78, 5) is 10.2. The van der Waals surface area contributed by atoms with E-state index in [0.717, 1.165) is 0 Å². The van der Waals surface area contributed by atoms with Gasteiger partial charge >= 0.3 is 70.8 Å². The van der Waals surface area contributed by atoms with Gasteiger partial charge in [-0.05, 0) is 6.92 Å². The van der Waals surface area contributed by atoms with Crippen molar-refractivity contribution in [3.05, 3.63) is 12.2 Å². The van der Waals surface area contributed by atoms with Gasteiger partial charge in [-0.3, -0.25) is 0 Å². The van der Waals surface area contributed by atoms with Crippen molar-refractivity contribution in [2.45, 2.75) is 21.8 Å². The second kappa shape index (κ2) is 18.3. The van der Waals surface area contributed by atoms with Gasteiger partial charge in [0.15, 0.2) is 0 Å². The molecule has 0 aliphatic heterocycles. The van der Waals surface area contributed by atoms with Crippen LogP contribution < -0.4 is 0 Å². The van der Waals surface area contributed by atoms with E-state index in [1.54, 1.807) is 6.92 Å². The van der Waals surface area contributed by atoms with E-state index in [9.17, 15) is 4.79 Å². The molecule has 94 valence electrons. The minimum absolute atomic E-state index is 0. The fraction of sp³-hybridized carbons (Fsp3) is 0.625. The molecule has 0 atom stereocenters. The minimum atomic E-state index is -0.455. The number of aliphatic hydroxyl groups excluding tert-OH is 1. The molecule has 1 N–H and O–H groups in total. The van der Waals surface area contributed by atoms with Crippen LogP contribution in [-0.2, 0) is 14.5 Å². The van der Waals surface area contributed by atoms with Gasteiger partial charge < -0.3 is 9.84 Å². The van der Waals surface area contributed by atoms with Crippen LogP contribution in [0.3, 0.4) is 0 Å². The Labute approximate surface area is 130 Å². The molecule has 0 fully saturated rings. The molecule has 0 aromatic heterocycles. The van der Waals surface area contributed by atoms with Crippen LogP contribution >= 0.6 is 59.9 Å². The number of halogens is 3. The summed E-state index contributed by atoms with van der Waals surface area (Å²) in [5.74, 6) is -0.455. The average molecular weight is 594 g/mol. The van der Waals surface area contributed by atoms with Gasteiger partial charge in [0, 0.05) is 5.57 Å². The number of hydrogen-bond acceptors (Lipinski definition) is 3. The third-order valence-electron chi connectivity index (χ3n) is 0.673. The first-order valence-electron chi connectivity index (χ1n) is 3.12. The Balaban J connectivity index is -0.0000000883. The van der Waals surface area contributed by atoms with E-state index in [2.05, 4.69) is 71.3 Å². The molecule has 0 saturated carbocycles. The first-order valence-corrected chi connectivity index (χ1v) is 16.6. The number of aliphatic hydroxyl groups is 1. The fourth-order valence-electron chi connectivity index (χ4n) is 0.262. The van der Waals surface area contributed by atoms with E-state index in [0.29, 0.717) is 5.57 Å². The van der Waals surface area contributed by atoms with Gasteiger partial charge in [0.1, 0.15) is 6.61 Å². The van der Waals surface area contributed by atoms with Gasteiger partial charge in [-0.2, -0.15) is 0 Å². The van der Waals surface area contributed by atoms with E-state index in [4.69, 9.17) is 5.11 Å². The summed E-state index contributed by atoms with van der Waals surface area (Å²) in [6.45, 7) is 4.81. The molecule has 0 aromatic rings. The Morgan fingerprint density at radius 1 is 1.40 bits per heavy atom. The van der Waals surface area contributed by atoms with E-state index in [-0.39, 0.29) is 33.0 Å². The Hall–Kier alpha value is 1.94. The predicted octanol–water partition coefficient (Wildman–Crippen LogP) is 4.02. The van der Waals surface area contributed by atoms with Gasteiger partial charge in [0.25, 0.3) is 0 Å². The summed E-state index contributed by atoms with van der Waals surface area (Å²) in [6.07, 6.45) is 0. The zero-order chi connectivity index (χ0) is 10.9. The van der Waals surface area contributed by atoms with E-state index < -0.39 is 5.97 Å². The summed E-state index contributed by atoms with van der Waals surface area (Å²) >= 11 is 7.39. The van der Waals surface area contributed by atoms with Crippen LogP contribution in [-0.4, -0.2) is 24.3 Å². The second-order valence-corrected chi connectivity index (χ2v) is 37.2. The Bertz CT molecular complexity index is 162. The summed E-state index contributed by atoms with van der Waals surface area (Å²) < 4.78 is 4.46. The first kappa shape index (κ1) is 25.7. The quantitative estimate of drug-likeness (QED) is 0.306. The van der Waals surface area contributed by atoms with Gasteiger partial charge in [0.05, 0.1) is 6.61 Å². The van der Waals surface area contributed by atoms with Gasteiger partial charge in [-0.15, -0.1) is 0 Å². The van der Waals surface area contributed by atoms with Gasteiger partial charge in [-0.25, -0.2) is 4.79 Å². The maximum absolute atomic E-state index is 10.5. The van der Waals surface area contributed by atoms with Gasteiger partial charge in [-0.1, -0.05) is 21.4 Å². The number of rotatable bonds is 3. The average Bonchev–Trinajstić information content (AvgIpc) is 1.98. The number of hydrogen-bond donors (Lipinski definition) is 1. The molecule has 0 aromatic carbocycles. The van der Waals surface area contributed by atoms with Crippen molar-refractivity contribution in [3.63, 3.8) is 0 Å². The zero-order valence-electron chi connectivity index (χ0n) is 6.97. The van der Waals surface area contributed by atoms with Crippen molar-refractivity contribution in [1.82, 2.24) is 0 Å². The molecule has 0 bridgehead atoms. The monoisotopic (exact) mass is 594 g/mol. The first-order chi connectivity index (χ1) is 5.91. The predicted molar refractivity (Wildman–Crippen MR) is 88.4 cm³/mol. The number of esters is 1. The van der Waals surface area contributed by atoms with Crippen LogP contribution in [0.15, 0.2) is 12.2 Å². The third kappa shape index (κ3) is 31.4. The van der Waals surface area contributed by atoms with E-state index >= 15 is 0 Å². The Morgan fingerprint density at radius 2 is 1.73 bits per heavy atom. The number of carbonyl (C=O) groups is 1. The van der Waals surface area contributed by atoms with Crippen molar-refractivity contribution in [3.8, 4) is 0 Å². The molecular formula is C8H18I3O3V.